The second kappa shape index (κ2) is 8.36. The highest BCUT2D eigenvalue weighted by Gasteiger charge is 2.40. The highest BCUT2D eigenvalue weighted by Crippen LogP contribution is 2.42. The molecule has 2 aromatic rings. The number of alkyl halides is 3. The Kier molecular flexibility index (Phi) is 6.86. The molecular weight excluding hydrogens is 438 g/mol. The van der Waals surface area contributed by atoms with Crippen molar-refractivity contribution in [3.05, 3.63) is 73.2 Å². The zero-order chi connectivity index (χ0) is 19.6. The summed E-state index contributed by atoms with van der Waals surface area (Å²) in [6.45, 7) is -0.378. The summed E-state index contributed by atoms with van der Waals surface area (Å²) < 4.78 is 54.8. The molecule has 0 saturated carbocycles. The van der Waals surface area contributed by atoms with E-state index in [0.29, 0.717) is 11.6 Å². The van der Waals surface area contributed by atoms with E-state index in [4.69, 9.17) is 51.5 Å². The smallest absolute Gasteiger partial charge is 0.392 e. The summed E-state index contributed by atoms with van der Waals surface area (Å²) in [4.78, 5) is 0. The SMILES string of the molecule is OCc1ccc(/C(F)=C/C(c2cc(Cl)c(Cl)c(Cl)c2)C(F)(F)F)cc1Cl. The monoisotopic (exact) mass is 446 g/mol. The van der Waals surface area contributed by atoms with Crippen LogP contribution in [0.1, 0.15) is 22.6 Å². The molecule has 0 heterocycles. The lowest BCUT2D eigenvalue weighted by Gasteiger charge is -2.19. The molecule has 0 amide bonds. The van der Waals surface area contributed by atoms with Crippen molar-refractivity contribution in [2.75, 3.05) is 0 Å². The number of benzene rings is 2. The van der Waals surface area contributed by atoms with Gasteiger partial charge in [-0.25, -0.2) is 4.39 Å². The van der Waals surface area contributed by atoms with E-state index in [9.17, 15) is 17.6 Å². The van der Waals surface area contributed by atoms with Crippen LogP contribution >= 0.6 is 46.4 Å². The van der Waals surface area contributed by atoms with Gasteiger partial charge in [0.2, 0.25) is 0 Å². The third-order valence-electron chi connectivity index (χ3n) is 3.53. The first-order valence-corrected chi connectivity index (χ1v) is 8.54. The van der Waals surface area contributed by atoms with Gasteiger partial charge in [0.25, 0.3) is 0 Å². The molecule has 0 aliphatic rings. The van der Waals surface area contributed by atoms with Crippen molar-refractivity contribution in [1.29, 1.82) is 0 Å². The Morgan fingerprint density at radius 1 is 1.00 bits per heavy atom. The number of aliphatic hydroxyl groups is 1. The topological polar surface area (TPSA) is 20.2 Å². The van der Waals surface area contributed by atoms with Crippen molar-refractivity contribution in [3.8, 4) is 0 Å². The van der Waals surface area contributed by atoms with Gasteiger partial charge in [-0.2, -0.15) is 13.2 Å². The van der Waals surface area contributed by atoms with Crippen LogP contribution in [0.25, 0.3) is 5.83 Å². The fourth-order valence-electron chi connectivity index (χ4n) is 2.20. The van der Waals surface area contributed by atoms with Gasteiger partial charge in [0, 0.05) is 10.6 Å². The Hall–Kier alpha value is -0.980. The number of rotatable bonds is 4. The van der Waals surface area contributed by atoms with E-state index in [1.165, 1.54) is 12.1 Å². The Bertz CT molecular complexity index is 826. The molecule has 0 radical (unpaired) electrons. The van der Waals surface area contributed by atoms with Crippen molar-refractivity contribution >= 4 is 52.2 Å². The van der Waals surface area contributed by atoms with Crippen LogP contribution in [0.15, 0.2) is 36.4 Å². The normalized spacial score (nSPS) is 13.8. The number of aliphatic hydroxyl groups excluding tert-OH is 1. The average molecular weight is 448 g/mol. The van der Waals surface area contributed by atoms with E-state index in [1.807, 2.05) is 0 Å². The van der Waals surface area contributed by atoms with Gasteiger partial charge in [-0.15, -0.1) is 0 Å². The van der Waals surface area contributed by atoms with Crippen LogP contribution in [-0.4, -0.2) is 11.3 Å². The number of halogens is 8. The molecule has 9 heteroatoms. The van der Waals surface area contributed by atoms with Crippen molar-refractivity contribution < 1.29 is 22.7 Å². The van der Waals surface area contributed by atoms with Crippen molar-refractivity contribution in [3.63, 3.8) is 0 Å². The van der Waals surface area contributed by atoms with Crippen LogP contribution in [0, 0.1) is 0 Å². The molecule has 0 aliphatic carbocycles. The molecule has 0 fully saturated rings. The summed E-state index contributed by atoms with van der Waals surface area (Å²) in [6.07, 6.45) is -4.40. The van der Waals surface area contributed by atoms with Gasteiger partial charge in [0.15, 0.2) is 0 Å². The summed E-state index contributed by atoms with van der Waals surface area (Å²) in [6, 6.07) is 5.65. The molecule has 0 spiro atoms. The van der Waals surface area contributed by atoms with Gasteiger partial charge in [-0.05, 0) is 35.4 Å². The van der Waals surface area contributed by atoms with E-state index in [-0.39, 0.29) is 37.8 Å². The first kappa shape index (κ1) is 21.3. The zero-order valence-corrected chi connectivity index (χ0v) is 15.7. The number of allylic oxidation sites excluding steroid dienone is 1. The molecule has 1 N–H and O–H groups in total. The minimum Gasteiger partial charge on any atom is -0.392 e. The third kappa shape index (κ3) is 4.84. The largest absolute Gasteiger partial charge is 0.399 e. The molecule has 0 aliphatic heterocycles. The zero-order valence-electron chi connectivity index (χ0n) is 12.7. The molecule has 1 atom stereocenters. The molecule has 1 nitrogen and oxygen atoms in total. The van der Waals surface area contributed by atoms with Crippen molar-refractivity contribution in [2.45, 2.75) is 18.7 Å². The fraction of sp³-hybridized carbons (Fsp3) is 0.176. The second-order valence-electron chi connectivity index (χ2n) is 5.30. The van der Waals surface area contributed by atoms with Gasteiger partial charge in [0.05, 0.1) is 21.7 Å². The van der Waals surface area contributed by atoms with Gasteiger partial charge < -0.3 is 5.11 Å². The quantitative estimate of drug-likeness (QED) is 0.381. The maximum atomic E-state index is 14.4. The molecule has 26 heavy (non-hydrogen) atoms. The lowest BCUT2D eigenvalue weighted by molar-refractivity contribution is -0.139. The van der Waals surface area contributed by atoms with Gasteiger partial charge in [-0.1, -0.05) is 58.5 Å². The summed E-state index contributed by atoms with van der Waals surface area (Å²) >= 11 is 23.2. The first-order chi connectivity index (χ1) is 12.0. The van der Waals surface area contributed by atoms with Crippen LogP contribution in [-0.2, 0) is 6.61 Å². The van der Waals surface area contributed by atoms with Gasteiger partial charge in [-0.3, -0.25) is 0 Å². The summed E-state index contributed by atoms with van der Waals surface area (Å²) in [5.41, 5.74) is -0.190. The molecule has 0 saturated heterocycles. The van der Waals surface area contributed by atoms with E-state index in [0.717, 1.165) is 18.2 Å². The molecule has 1 unspecified atom stereocenters. The highest BCUT2D eigenvalue weighted by molar-refractivity contribution is 6.48. The molecule has 2 rings (SSSR count). The van der Waals surface area contributed by atoms with Crippen molar-refractivity contribution in [1.82, 2.24) is 0 Å². The maximum Gasteiger partial charge on any atom is 0.399 e. The van der Waals surface area contributed by atoms with E-state index < -0.39 is 17.9 Å². The Balaban J connectivity index is 2.51. The van der Waals surface area contributed by atoms with Crippen LogP contribution < -0.4 is 0 Å². The van der Waals surface area contributed by atoms with Gasteiger partial charge >= 0.3 is 6.18 Å². The minimum atomic E-state index is -4.80. The minimum absolute atomic E-state index is 0.0368. The molecule has 0 aromatic heterocycles. The van der Waals surface area contributed by atoms with Gasteiger partial charge in [0.1, 0.15) is 11.7 Å². The number of hydrogen-bond acceptors (Lipinski definition) is 1. The predicted octanol–water partition coefficient (Wildman–Crippen LogP) is 7.45. The van der Waals surface area contributed by atoms with E-state index in [1.54, 1.807) is 0 Å². The third-order valence-corrected chi connectivity index (χ3v) is 5.08. The second-order valence-corrected chi connectivity index (χ2v) is 6.90. The number of hydrogen-bond donors (Lipinski definition) is 1. The first-order valence-electron chi connectivity index (χ1n) is 7.02. The van der Waals surface area contributed by atoms with E-state index in [2.05, 4.69) is 0 Å². The Labute approximate surface area is 166 Å². The highest BCUT2D eigenvalue weighted by atomic mass is 35.5. The predicted molar refractivity (Wildman–Crippen MR) is 96.7 cm³/mol. The van der Waals surface area contributed by atoms with Crippen LogP contribution in [0.2, 0.25) is 20.1 Å². The summed E-state index contributed by atoms with van der Waals surface area (Å²) in [7, 11) is 0. The van der Waals surface area contributed by atoms with Crippen molar-refractivity contribution in [2.24, 2.45) is 0 Å². The van der Waals surface area contributed by atoms with Crippen LogP contribution in [0.5, 0.6) is 0 Å². The Morgan fingerprint density at radius 3 is 2.04 bits per heavy atom. The molecule has 140 valence electrons. The lowest BCUT2D eigenvalue weighted by Crippen LogP contribution is -2.19. The molecule has 2 aromatic carbocycles. The van der Waals surface area contributed by atoms with Crippen LogP contribution in [0.4, 0.5) is 17.6 Å². The maximum absolute atomic E-state index is 14.4. The lowest BCUT2D eigenvalue weighted by atomic mass is 9.96. The average Bonchev–Trinajstić information content (AvgIpc) is 2.55. The molecule has 0 bridgehead atoms. The summed E-state index contributed by atoms with van der Waals surface area (Å²) in [5.74, 6) is -3.44. The van der Waals surface area contributed by atoms with E-state index >= 15 is 0 Å². The standard InChI is InChI=1S/C17H10Cl4F4O/c18-12-3-8(1-2-9(12)7-26)15(22)6-11(17(23,24)25)10-4-13(19)16(21)14(20)5-10/h1-6,11,26H,7H2/b15-6-. The fourth-order valence-corrected chi connectivity index (χ4v) is 3.05. The Morgan fingerprint density at radius 2 is 1.58 bits per heavy atom. The molecular formula is C17H10Cl4F4O. The van der Waals surface area contributed by atoms with Crippen LogP contribution in [0.3, 0.4) is 0 Å². The summed E-state index contributed by atoms with van der Waals surface area (Å²) in [5, 5.41) is 8.65.